The molecule has 0 amide bonds. The fraction of sp³-hybridized carbons (Fsp3) is 0.118. The maximum atomic E-state index is 10.8. The molecule has 0 spiro atoms. The standard InChI is InChI=1S/C17H13Cl2N3O2/c1-10-17(12-3-8-15(18)16(19)9-12)11(2)21(20-10)13-4-6-14(7-5-13)22(23)24/h3-9H,1-2H3. The summed E-state index contributed by atoms with van der Waals surface area (Å²) in [5.74, 6) is 0. The first-order chi connectivity index (χ1) is 11.4. The molecular formula is C17H13Cl2N3O2. The van der Waals surface area contributed by atoms with E-state index in [1.165, 1.54) is 12.1 Å². The summed E-state index contributed by atoms with van der Waals surface area (Å²) in [6, 6.07) is 11.7. The summed E-state index contributed by atoms with van der Waals surface area (Å²) in [6.45, 7) is 3.85. The van der Waals surface area contributed by atoms with Crippen LogP contribution in [0, 0.1) is 24.0 Å². The maximum Gasteiger partial charge on any atom is 0.269 e. The predicted molar refractivity (Wildman–Crippen MR) is 95.1 cm³/mol. The molecule has 0 saturated heterocycles. The van der Waals surface area contributed by atoms with E-state index in [0.717, 1.165) is 28.2 Å². The number of rotatable bonds is 3. The van der Waals surface area contributed by atoms with Crippen molar-refractivity contribution in [2.75, 3.05) is 0 Å². The Morgan fingerprint density at radius 1 is 1.04 bits per heavy atom. The second-order valence-electron chi connectivity index (χ2n) is 5.36. The Morgan fingerprint density at radius 2 is 1.71 bits per heavy atom. The number of hydrogen-bond donors (Lipinski definition) is 0. The molecule has 5 nitrogen and oxygen atoms in total. The van der Waals surface area contributed by atoms with Crippen molar-refractivity contribution in [3.05, 3.63) is 74.0 Å². The zero-order valence-corrected chi connectivity index (χ0v) is 14.5. The summed E-state index contributed by atoms with van der Waals surface area (Å²) in [7, 11) is 0. The molecule has 3 rings (SSSR count). The van der Waals surface area contributed by atoms with Crippen LogP contribution in [0.5, 0.6) is 0 Å². The Bertz CT molecular complexity index is 934. The zero-order chi connectivity index (χ0) is 17.4. The van der Waals surface area contributed by atoms with Crippen LogP contribution in [0.4, 0.5) is 5.69 Å². The third-order valence-corrected chi connectivity index (χ3v) is 4.54. The smallest absolute Gasteiger partial charge is 0.258 e. The molecule has 0 aliphatic heterocycles. The van der Waals surface area contributed by atoms with Gasteiger partial charge in [0.05, 0.1) is 26.3 Å². The lowest BCUT2D eigenvalue weighted by molar-refractivity contribution is -0.384. The van der Waals surface area contributed by atoms with Crippen LogP contribution in [0.2, 0.25) is 10.0 Å². The summed E-state index contributed by atoms with van der Waals surface area (Å²) in [5.41, 5.74) is 4.45. The van der Waals surface area contributed by atoms with E-state index in [9.17, 15) is 10.1 Å². The van der Waals surface area contributed by atoms with Gasteiger partial charge in [0.2, 0.25) is 0 Å². The molecule has 0 bridgehead atoms. The lowest BCUT2D eigenvalue weighted by Gasteiger charge is -2.06. The largest absolute Gasteiger partial charge is 0.269 e. The van der Waals surface area contributed by atoms with E-state index < -0.39 is 4.92 Å². The summed E-state index contributed by atoms with van der Waals surface area (Å²) in [5, 5.41) is 16.3. The van der Waals surface area contributed by atoms with Gasteiger partial charge in [-0.3, -0.25) is 10.1 Å². The summed E-state index contributed by atoms with van der Waals surface area (Å²) < 4.78 is 1.76. The van der Waals surface area contributed by atoms with Crippen molar-refractivity contribution in [3.8, 4) is 16.8 Å². The molecule has 0 N–H and O–H groups in total. The van der Waals surface area contributed by atoms with E-state index in [4.69, 9.17) is 23.2 Å². The van der Waals surface area contributed by atoms with Gasteiger partial charge in [0.25, 0.3) is 5.69 Å². The third kappa shape index (κ3) is 2.88. The second-order valence-corrected chi connectivity index (χ2v) is 6.17. The number of nitro benzene ring substituents is 1. The molecule has 3 aromatic rings. The van der Waals surface area contributed by atoms with Crippen LogP contribution in [0.25, 0.3) is 16.8 Å². The Morgan fingerprint density at radius 3 is 2.29 bits per heavy atom. The van der Waals surface area contributed by atoms with Gasteiger partial charge >= 0.3 is 0 Å². The summed E-state index contributed by atoms with van der Waals surface area (Å²) >= 11 is 12.1. The quantitative estimate of drug-likeness (QED) is 0.465. The average molecular weight is 362 g/mol. The van der Waals surface area contributed by atoms with Crippen molar-refractivity contribution in [3.63, 3.8) is 0 Å². The Labute approximate surface area is 148 Å². The van der Waals surface area contributed by atoms with Crippen molar-refractivity contribution in [1.82, 2.24) is 9.78 Å². The van der Waals surface area contributed by atoms with Crippen LogP contribution in [-0.4, -0.2) is 14.7 Å². The average Bonchev–Trinajstić information content (AvgIpc) is 2.85. The van der Waals surface area contributed by atoms with E-state index in [1.54, 1.807) is 28.9 Å². The number of halogens is 2. The van der Waals surface area contributed by atoms with Gasteiger partial charge in [-0.1, -0.05) is 29.3 Å². The van der Waals surface area contributed by atoms with E-state index in [1.807, 2.05) is 19.9 Å². The van der Waals surface area contributed by atoms with Gasteiger partial charge in [0, 0.05) is 23.4 Å². The molecule has 122 valence electrons. The molecule has 24 heavy (non-hydrogen) atoms. The first-order valence-electron chi connectivity index (χ1n) is 7.15. The molecular weight excluding hydrogens is 349 g/mol. The normalized spacial score (nSPS) is 10.8. The SMILES string of the molecule is Cc1nn(-c2ccc([N+](=O)[O-])cc2)c(C)c1-c1ccc(Cl)c(Cl)c1. The molecule has 1 heterocycles. The first kappa shape index (κ1) is 16.5. The topological polar surface area (TPSA) is 61.0 Å². The highest BCUT2D eigenvalue weighted by atomic mass is 35.5. The molecule has 0 saturated carbocycles. The highest BCUT2D eigenvalue weighted by Gasteiger charge is 2.16. The Kier molecular flexibility index (Phi) is 4.30. The molecule has 0 atom stereocenters. The van der Waals surface area contributed by atoms with Crippen molar-refractivity contribution >= 4 is 28.9 Å². The van der Waals surface area contributed by atoms with Gasteiger partial charge in [-0.05, 0) is 43.7 Å². The number of aromatic nitrogens is 2. The fourth-order valence-corrected chi connectivity index (χ4v) is 2.98. The Hall–Kier alpha value is -2.37. The van der Waals surface area contributed by atoms with Crippen LogP contribution < -0.4 is 0 Å². The number of aryl methyl sites for hydroxylation is 1. The number of hydrogen-bond acceptors (Lipinski definition) is 3. The monoisotopic (exact) mass is 361 g/mol. The van der Waals surface area contributed by atoms with E-state index >= 15 is 0 Å². The highest BCUT2D eigenvalue weighted by Crippen LogP contribution is 2.33. The van der Waals surface area contributed by atoms with E-state index in [2.05, 4.69) is 5.10 Å². The van der Waals surface area contributed by atoms with Gasteiger partial charge in [-0.15, -0.1) is 0 Å². The van der Waals surface area contributed by atoms with Crippen molar-refractivity contribution in [2.45, 2.75) is 13.8 Å². The molecule has 0 aliphatic rings. The lowest BCUT2D eigenvalue weighted by atomic mass is 10.0. The number of nitrogens with zero attached hydrogens (tertiary/aromatic N) is 3. The van der Waals surface area contributed by atoms with Crippen molar-refractivity contribution in [1.29, 1.82) is 0 Å². The Balaban J connectivity index is 2.09. The summed E-state index contributed by atoms with van der Waals surface area (Å²) in [4.78, 5) is 10.4. The minimum Gasteiger partial charge on any atom is -0.258 e. The van der Waals surface area contributed by atoms with Gasteiger partial charge in [-0.2, -0.15) is 5.10 Å². The van der Waals surface area contributed by atoms with Gasteiger partial charge in [0.1, 0.15) is 0 Å². The van der Waals surface area contributed by atoms with Crippen molar-refractivity contribution in [2.24, 2.45) is 0 Å². The van der Waals surface area contributed by atoms with Crippen molar-refractivity contribution < 1.29 is 4.92 Å². The van der Waals surface area contributed by atoms with Gasteiger partial charge in [0.15, 0.2) is 0 Å². The van der Waals surface area contributed by atoms with Crippen LogP contribution in [0.15, 0.2) is 42.5 Å². The lowest BCUT2D eigenvalue weighted by Crippen LogP contribution is -1.99. The number of non-ortho nitro benzene ring substituents is 1. The van der Waals surface area contributed by atoms with Gasteiger partial charge in [-0.25, -0.2) is 4.68 Å². The molecule has 0 fully saturated rings. The molecule has 7 heteroatoms. The first-order valence-corrected chi connectivity index (χ1v) is 7.90. The molecule has 0 radical (unpaired) electrons. The van der Waals surface area contributed by atoms with Crippen LogP contribution >= 0.6 is 23.2 Å². The molecule has 0 unspecified atom stereocenters. The highest BCUT2D eigenvalue weighted by molar-refractivity contribution is 6.42. The van der Waals surface area contributed by atoms with Crippen LogP contribution in [0.3, 0.4) is 0 Å². The minimum absolute atomic E-state index is 0.0463. The molecule has 2 aromatic carbocycles. The van der Waals surface area contributed by atoms with Crippen LogP contribution in [0.1, 0.15) is 11.4 Å². The van der Waals surface area contributed by atoms with Crippen LogP contribution in [-0.2, 0) is 0 Å². The van der Waals surface area contributed by atoms with E-state index in [0.29, 0.717) is 10.0 Å². The third-order valence-electron chi connectivity index (χ3n) is 3.80. The molecule has 1 aromatic heterocycles. The predicted octanol–water partition coefficient (Wildman–Crippen LogP) is 5.37. The maximum absolute atomic E-state index is 10.8. The second kappa shape index (κ2) is 6.26. The van der Waals surface area contributed by atoms with Gasteiger partial charge < -0.3 is 0 Å². The number of nitro groups is 1. The molecule has 0 aliphatic carbocycles. The fourth-order valence-electron chi connectivity index (χ4n) is 2.68. The van der Waals surface area contributed by atoms with E-state index in [-0.39, 0.29) is 5.69 Å². The number of benzene rings is 2. The minimum atomic E-state index is -0.424. The summed E-state index contributed by atoms with van der Waals surface area (Å²) in [6.07, 6.45) is 0. The zero-order valence-electron chi connectivity index (χ0n) is 13.0.